The number of rotatable bonds is 4. The number of aromatic hydroxyl groups is 1. The zero-order chi connectivity index (χ0) is 23.4. The maximum Gasteiger partial charge on any atom is 0.164 e. The van der Waals surface area contributed by atoms with Gasteiger partial charge in [0.2, 0.25) is 0 Å². The normalized spacial score (nSPS) is 43.7. The number of quaternary nitrogens is 1. The van der Waals surface area contributed by atoms with Crippen LogP contribution in [0.3, 0.4) is 0 Å². The predicted molar refractivity (Wildman–Crippen MR) is 128 cm³/mol. The summed E-state index contributed by atoms with van der Waals surface area (Å²) in [7, 11) is 0. The topological polar surface area (TPSA) is 101 Å². The van der Waals surface area contributed by atoms with Gasteiger partial charge in [0.25, 0.3) is 0 Å². The molecule has 4 aliphatic carbocycles. The van der Waals surface area contributed by atoms with Crippen LogP contribution in [0.2, 0.25) is 0 Å². The van der Waals surface area contributed by atoms with Crippen LogP contribution in [0.15, 0.2) is 23.2 Å². The summed E-state index contributed by atoms with van der Waals surface area (Å²) in [6.07, 6.45) is 13.9. The first-order chi connectivity index (χ1) is 15.7. The lowest BCUT2D eigenvalue weighted by Crippen LogP contribution is -2.99. The van der Waals surface area contributed by atoms with Crippen molar-refractivity contribution in [2.24, 2.45) is 39.5 Å². The number of phenolic OH excluding ortho intramolecular Hbond substituents is 1. The molecule has 1 aromatic rings. The first kappa shape index (κ1) is 23.3. The Labute approximate surface area is 197 Å². The van der Waals surface area contributed by atoms with Gasteiger partial charge in [-0.1, -0.05) is 26.7 Å². The highest BCUT2D eigenvalue weighted by Crippen LogP contribution is 2.68. The summed E-state index contributed by atoms with van der Waals surface area (Å²) in [4.78, 5) is 4.55. The summed E-state index contributed by atoms with van der Waals surface area (Å²) < 4.78 is 0. The number of nitrogens with one attached hydrogen (secondary N) is 1. The molecule has 1 aromatic carbocycles. The Balaban J connectivity index is 1.34. The first-order valence-corrected chi connectivity index (χ1v) is 13.0. The van der Waals surface area contributed by atoms with Crippen LogP contribution in [-0.4, -0.2) is 33.8 Å². The number of hydrogen-bond acceptors (Lipinski definition) is 5. The molecule has 0 bridgehead atoms. The molecule has 4 aliphatic rings. The van der Waals surface area contributed by atoms with Gasteiger partial charge in [-0.15, -0.1) is 0 Å². The van der Waals surface area contributed by atoms with Crippen LogP contribution in [0.5, 0.6) is 5.75 Å². The third-order valence-electron chi connectivity index (χ3n) is 10.8. The van der Waals surface area contributed by atoms with Crippen molar-refractivity contribution in [2.45, 2.75) is 83.7 Å². The fraction of sp³-hybridized carbons (Fsp3) is 0.741. The van der Waals surface area contributed by atoms with Gasteiger partial charge in [-0.3, -0.25) is 4.99 Å². The van der Waals surface area contributed by atoms with E-state index in [-0.39, 0.29) is 16.9 Å². The van der Waals surface area contributed by atoms with E-state index in [2.05, 4.69) is 18.8 Å². The van der Waals surface area contributed by atoms with Crippen molar-refractivity contribution >= 4 is 11.9 Å². The predicted octanol–water partition coefficient (Wildman–Crippen LogP) is 4.38. The van der Waals surface area contributed by atoms with Crippen LogP contribution in [-0.2, 0) is 0 Å². The van der Waals surface area contributed by atoms with Gasteiger partial charge in [-0.25, -0.2) is 5.21 Å². The average molecular weight is 457 g/mol. The van der Waals surface area contributed by atoms with E-state index >= 15 is 0 Å². The van der Waals surface area contributed by atoms with Crippen molar-refractivity contribution in [3.63, 3.8) is 0 Å². The van der Waals surface area contributed by atoms with Crippen LogP contribution >= 0.6 is 0 Å². The van der Waals surface area contributed by atoms with Gasteiger partial charge in [-0.2, -0.15) is 5.23 Å². The summed E-state index contributed by atoms with van der Waals surface area (Å²) >= 11 is 0. The Hall–Kier alpha value is -1.47. The van der Waals surface area contributed by atoms with Crippen LogP contribution in [0, 0.1) is 39.7 Å². The highest BCUT2D eigenvalue weighted by atomic mass is 16.8. The van der Waals surface area contributed by atoms with E-state index < -0.39 is 10.8 Å². The summed E-state index contributed by atoms with van der Waals surface area (Å²) in [6, 6.07) is 4.19. The number of aliphatic imine (C=N–C) groups is 1. The molecule has 0 amide bonds. The van der Waals surface area contributed by atoms with E-state index in [0.717, 1.165) is 37.0 Å². The quantitative estimate of drug-likeness (QED) is 0.307. The third-order valence-corrected chi connectivity index (χ3v) is 10.8. The fourth-order valence-electron chi connectivity index (χ4n) is 8.75. The van der Waals surface area contributed by atoms with E-state index in [1.807, 2.05) is 0 Å². The zero-order valence-corrected chi connectivity index (χ0v) is 20.1. The molecular formula is C27H40N2O4. The fourth-order valence-corrected chi connectivity index (χ4v) is 8.75. The molecule has 1 unspecified atom stereocenters. The molecule has 4 fully saturated rings. The van der Waals surface area contributed by atoms with Crippen LogP contribution in [0.25, 0.3) is 0 Å². The van der Waals surface area contributed by atoms with Crippen molar-refractivity contribution in [3.05, 3.63) is 29.0 Å². The number of aliphatic hydroxyl groups is 1. The standard InChI is InChI=1S/C27H40N2O4/c1-25-12-4-3-5-19(25)6-8-21-22(25)10-13-26(2)23(21)11-14-27(26,31)17-28-16-18-15-20(29(32)33)7-9-24(18)30/h7,9,15-16,19,21-23,29-32H,3-6,8,10-14,17H2,1-2H3/t19-,21+,22-,23+,25-,26+,27-/m0/s1. The molecule has 5 rings (SSSR count). The van der Waals surface area contributed by atoms with Crippen molar-refractivity contribution in [3.8, 4) is 5.75 Å². The van der Waals surface area contributed by atoms with Crippen molar-refractivity contribution < 1.29 is 20.6 Å². The Morgan fingerprint density at radius 2 is 1.85 bits per heavy atom. The molecule has 182 valence electrons. The maximum absolute atomic E-state index is 11.9. The molecule has 8 atom stereocenters. The van der Waals surface area contributed by atoms with E-state index in [1.165, 1.54) is 69.4 Å². The second-order valence-corrected chi connectivity index (χ2v) is 12.0. The lowest BCUT2D eigenvalue weighted by Gasteiger charge is -2.61. The minimum Gasteiger partial charge on any atom is -0.595 e. The largest absolute Gasteiger partial charge is 0.595 e. The van der Waals surface area contributed by atoms with Gasteiger partial charge < -0.3 is 15.4 Å². The summed E-state index contributed by atoms with van der Waals surface area (Å²) in [5, 5.41) is 41.4. The number of hydrogen-bond donors (Lipinski definition) is 4. The van der Waals surface area contributed by atoms with Crippen molar-refractivity contribution in [1.29, 1.82) is 0 Å². The smallest absolute Gasteiger partial charge is 0.164 e. The van der Waals surface area contributed by atoms with Crippen LogP contribution in [0.1, 0.15) is 83.6 Å². The van der Waals surface area contributed by atoms with Crippen LogP contribution < -0.4 is 5.23 Å². The number of phenols is 1. The van der Waals surface area contributed by atoms with E-state index in [9.17, 15) is 20.6 Å². The Morgan fingerprint density at radius 1 is 1.06 bits per heavy atom. The van der Waals surface area contributed by atoms with Gasteiger partial charge in [0.05, 0.1) is 12.1 Å². The van der Waals surface area contributed by atoms with E-state index in [0.29, 0.717) is 23.4 Å². The Bertz CT molecular complexity index is 919. The molecule has 6 nitrogen and oxygen atoms in total. The minimum absolute atomic E-state index is 0.00393. The molecule has 0 heterocycles. The lowest BCUT2D eigenvalue weighted by atomic mass is 9.44. The van der Waals surface area contributed by atoms with E-state index in [4.69, 9.17) is 0 Å². The molecular weight excluding hydrogens is 416 g/mol. The molecule has 6 heteroatoms. The molecule has 0 spiro atoms. The lowest BCUT2D eigenvalue weighted by molar-refractivity contribution is -0.991. The molecule has 0 aliphatic heterocycles. The first-order valence-electron chi connectivity index (χ1n) is 13.0. The highest BCUT2D eigenvalue weighted by molar-refractivity contribution is 5.84. The summed E-state index contributed by atoms with van der Waals surface area (Å²) in [5.74, 6) is 2.98. The van der Waals surface area contributed by atoms with Crippen LogP contribution in [0.4, 0.5) is 5.69 Å². The maximum atomic E-state index is 11.9. The Kier molecular flexibility index (Phi) is 5.88. The number of fused-ring (bicyclic) bond motifs is 5. The molecule has 0 aromatic heterocycles. The minimum atomic E-state index is -1.03. The van der Waals surface area contributed by atoms with Gasteiger partial charge in [0.1, 0.15) is 5.75 Å². The van der Waals surface area contributed by atoms with E-state index in [1.54, 1.807) is 0 Å². The van der Waals surface area contributed by atoms with Gasteiger partial charge in [0.15, 0.2) is 5.69 Å². The SMILES string of the molecule is C[C@]12CCCC[C@H]1CC[C@H]1[C@H]3CC[C@](O)(CN=Cc4cc([NH+]([O-])O)ccc4O)[C@]3(C)CC[C@@H]12. The molecule has 33 heavy (non-hydrogen) atoms. The number of benzene rings is 1. The Morgan fingerprint density at radius 3 is 2.64 bits per heavy atom. The number of nitrogens with zero attached hydrogens (tertiary/aromatic N) is 1. The van der Waals surface area contributed by atoms with Crippen molar-refractivity contribution in [1.82, 2.24) is 0 Å². The molecule has 0 saturated heterocycles. The molecule has 4 saturated carbocycles. The second kappa shape index (κ2) is 8.33. The molecule has 0 radical (unpaired) electrons. The summed E-state index contributed by atoms with van der Waals surface area (Å²) in [5.41, 5.74) is 0.0164. The summed E-state index contributed by atoms with van der Waals surface area (Å²) in [6.45, 7) is 5.18. The third kappa shape index (κ3) is 3.65. The van der Waals surface area contributed by atoms with Gasteiger partial charge in [0, 0.05) is 29.3 Å². The second-order valence-electron chi connectivity index (χ2n) is 12.0. The monoisotopic (exact) mass is 456 g/mol. The molecule has 4 N–H and O–H groups in total. The van der Waals surface area contributed by atoms with Gasteiger partial charge in [-0.05, 0) is 86.5 Å². The van der Waals surface area contributed by atoms with Crippen molar-refractivity contribution in [2.75, 3.05) is 6.54 Å². The van der Waals surface area contributed by atoms with Gasteiger partial charge >= 0.3 is 0 Å². The zero-order valence-electron chi connectivity index (χ0n) is 20.1. The highest BCUT2D eigenvalue weighted by Gasteiger charge is 2.64. The average Bonchev–Trinajstić information content (AvgIpc) is 3.05.